The summed E-state index contributed by atoms with van der Waals surface area (Å²) in [5.41, 5.74) is 10.1. The Hall–Kier alpha value is -7.24. The molecule has 246 valence electrons. The summed E-state index contributed by atoms with van der Waals surface area (Å²) < 4.78 is 11.0. The third kappa shape index (κ3) is 3.96. The highest BCUT2D eigenvalue weighted by Gasteiger charge is 2.22. The standard InChI is InChI=1S/C48H28N4O/c1-2-13-31-29(12-1)24-26-42-45(31)37-28-30(51-39-20-8-4-14-32(39)33-15-5-9-21-40(33)51)25-27-41(37)52(42)48-49-38-19-7-3-16-34(38)47(50-48)36-18-11-23-44-46(36)35-17-6-10-22-43(35)53-44/h1-28H. The molecule has 0 N–H and O–H groups in total. The lowest BCUT2D eigenvalue weighted by Crippen LogP contribution is -2.03. The average Bonchev–Trinajstić information content (AvgIpc) is 3.88. The van der Waals surface area contributed by atoms with Crippen LogP contribution in [-0.4, -0.2) is 19.1 Å². The summed E-state index contributed by atoms with van der Waals surface area (Å²) in [5.74, 6) is 0.628. The number of fused-ring (bicyclic) bond motifs is 12. The lowest BCUT2D eigenvalue weighted by molar-refractivity contribution is 0.669. The van der Waals surface area contributed by atoms with Crippen molar-refractivity contribution in [3.8, 4) is 22.9 Å². The number of nitrogens with zero attached hydrogens (tertiary/aromatic N) is 4. The number of rotatable bonds is 3. The minimum atomic E-state index is 0.628. The number of hydrogen-bond acceptors (Lipinski definition) is 3. The number of furan rings is 1. The van der Waals surface area contributed by atoms with Crippen molar-refractivity contribution in [2.45, 2.75) is 0 Å². The molecule has 12 aromatic rings. The highest BCUT2D eigenvalue weighted by molar-refractivity contribution is 6.22. The molecule has 0 aliphatic carbocycles. The molecule has 0 unspecified atom stereocenters. The van der Waals surface area contributed by atoms with Gasteiger partial charge in [0.25, 0.3) is 0 Å². The molecule has 12 rings (SSSR count). The zero-order valence-electron chi connectivity index (χ0n) is 28.4. The Balaban J connectivity index is 1.19. The maximum absolute atomic E-state index is 6.33. The quantitative estimate of drug-likeness (QED) is 0.187. The summed E-state index contributed by atoms with van der Waals surface area (Å²) in [6.07, 6.45) is 0. The molecular formula is C48H28N4O. The summed E-state index contributed by atoms with van der Waals surface area (Å²) in [7, 11) is 0. The molecule has 0 spiro atoms. The predicted octanol–water partition coefficient (Wildman–Crippen LogP) is 12.5. The molecule has 4 aromatic heterocycles. The highest BCUT2D eigenvalue weighted by atomic mass is 16.3. The van der Waals surface area contributed by atoms with Crippen LogP contribution in [0, 0.1) is 0 Å². The fourth-order valence-corrected chi connectivity index (χ4v) is 8.68. The maximum atomic E-state index is 6.33. The fraction of sp³-hybridized carbons (Fsp3) is 0. The van der Waals surface area contributed by atoms with E-state index in [1.807, 2.05) is 24.3 Å². The summed E-state index contributed by atoms with van der Waals surface area (Å²) in [5, 5.41) is 10.3. The van der Waals surface area contributed by atoms with Crippen LogP contribution in [0.4, 0.5) is 0 Å². The van der Waals surface area contributed by atoms with E-state index in [0.29, 0.717) is 5.95 Å². The summed E-state index contributed by atoms with van der Waals surface area (Å²) in [6, 6.07) is 60.0. The molecular weight excluding hydrogens is 649 g/mol. The number of hydrogen-bond donors (Lipinski definition) is 0. The Kier molecular flexibility index (Phi) is 5.71. The van der Waals surface area contributed by atoms with Gasteiger partial charge in [0.2, 0.25) is 5.95 Å². The molecule has 0 saturated heterocycles. The van der Waals surface area contributed by atoms with E-state index in [9.17, 15) is 0 Å². The highest BCUT2D eigenvalue weighted by Crippen LogP contribution is 2.42. The second kappa shape index (κ2) is 10.6. The molecule has 0 aliphatic heterocycles. The van der Waals surface area contributed by atoms with Crippen molar-refractivity contribution in [1.29, 1.82) is 0 Å². The van der Waals surface area contributed by atoms with E-state index in [2.05, 4.69) is 155 Å². The molecule has 5 heteroatoms. The molecule has 0 amide bonds. The van der Waals surface area contributed by atoms with Gasteiger partial charge in [0.15, 0.2) is 0 Å². The van der Waals surface area contributed by atoms with Crippen LogP contribution in [0.5, 0.6) is 0 Å². The molecule has 0 atom stereocenters. The zero-order chi connectivity index (χ0) is 34.6. The normalized spacial score (nSPS) is 12.2. The molecule has 0 saturated carbocycles. The van der Waals surface area contributed by atoms with Crippen molar-refractivity contribution >= 4 is 87.2 Å². The molecule has 0 fully saturated rings. The molecule has 0 aliphatic rings. The monoisotopic (exact) mass is 676 g/mol. The Labute approximate surface area is 302 Å². The third-order valence-corrected chi connectivity index (χ3v) is 10.9. The largest absolute Gasteiger partial charge is 0.456 e. The number of para-hydroxylation sites is 4. The Bertz CT molecular complexity index is 3420. The lowest BCUT2D eigenvalue weighted by Gasteiger charge is -2.13. The van der Waals surface area contributed by atoms with Gasteiger partial charge in [0.05, 0.1) is 33.3 Å². The van der Waals surface area contributed by atoms with Crippen molar-refractivity contribution in [3.05, 3.63) is 170 Å². The molecule has 0 radical (unpaired) electrons. The molecule has 4 heterocycles. The van der Waals surface area contributed by atoms with Gasteiger partial charge >= 0.3 is 0 Å². The van der Waals surface area contributed by atoms with E-state index in [-0.39, 0.29) is 0 Å². The van der Waals surface area contributed by atoms with E-state index in [0.717, 1.165) is 66.2 Å². The van der Waals surface area contributed by atoms with E-state index in [1.54, 1.807) is 0 Å². The zero-order valence-corrected chi connectivity index (χ0v) is 28.4. The number of benzene rings is 8. The van der Waals surface area contributed by atoms with Crippen LogP contribution in [0.1, 0.15) is 0 Å². The van der Waals surface area contributed by atoms with Crippen LogP contribution in [0.15, 0.2) is 174 Å². The van der Waals surface area contributed by atoms with Crippen molar-refractivity contribution in [2.75, 3.05) is 0 Å². The van der Waals surface area contributed by atoms with Crippen LogP contribution in [0.25, 0.3) is 110 Å². The Morgan fingerprint density at radius 1 is 0.396 bits per heavy atom. The van der Waals surface area contributed by atoms with Crippen molar-refractivity contribution < 1.29 is 4.42 Å². The topological polar surface area (TPSA) is 48.8 Å². The van der Waals surface area contributed by atoms with E-state index in [1.165, 1.54) is 38.0 Å². The van der Waals surface area contributed by atoms with E-state index < -0.39 is 0 Å². The minimum Gasteiger partial charge on any atom is -0.456 e. The van der Waals surface area contributed by atoms with Gasteiger partial charge in [0, 0.05) is 49.0 Å². The van der Waals surface area contributed by atoms with Gasteiger partial charge in [-0.3, -0.25) is 4.57 Å². The Morgan fingerprint density at radius 2 is 1.04 bits per heavy atom. The van der Waals surface area contributed by atoms with Crippen molar-refractivity contribution in [2.24, 2.45) is 0 Å². The predicted molar refractivity (Wildman–Crippen MR) is 218 cm³/mol. The van der Waals surface area contributed by atoms with Gasteiger partial charge < -0.3 is 8.98 Å². The second-order valence-electron chi connectivity index (χ2n) is 13.8. The van der Waals surface area contributed by atoms with Crippen LogP contribution in [0.3, 0.4) is 0 Å². The fourth-order valence-electron chi connectivity index (χ4n) is 8.68. The Morgan fingerprint density at radius 3 is 1.87 bits per heavy atom. The third-order valence-electron chi connectivity index (χ3n) is 10.9. The smallest absolute Gasteiger partial charge is 0.235 e. The molecule has 5 nitrogen and oxygen atoms in total. The summed E-state index contributed by atoms with van der Waals surface area (Å²) >= 11 is 0. The second-order valence-corrected chi connectivity index (χ2v) is 13.8. The van der Waals surface area contributed by atoms with Gasteiger partial charge in [-0.15, -0.1) is 0 Å². The first-order valence-corrected chi connectivity index (χ1v) is 17.9. The summed E-state index contributed by atoms with van der Waals surface area (Å²) in [6.45, 7) is 0. The lowest BCUT2D eigenvalue weighted by atomic mass is 10.0. The van der Waals surface area contributed by atoms with Crippen LogP contribution in [0.2, 0.25) is 0 Å². The van der Waals surface area contributed by atoms with Gasteiger partial charge in [-0.2, -0.15) is 0 Å². The van der Waals surface area contributed by atoms with Gasteiger partial charge in [-0.05, 0) is 65.4 Å². The molecule has 53 heavy (non-hydrogen) atoms. The first-order chi connectivity index (χ1) is 26.3. The number of aromatic nitrogens is 4. The SMILES string of the molecule is c1ccc2c(c1)ccc1c2c2cc(-n3c4ccccc4c4ccccc43)ccc2n1-c1nc(-c2cccc3oc4ccccc4c23)c2ccccc2n1. The first kappa shape index (κ1) is 28.5. The van der Waals surface area contributed by atoms with Gasteiger partial charge in [-0.25, -0.2) is 9.97 Å². The first-order valence-electron chi connectivity index (χ1n) is 17.9. The van der Waals surface area contributed by atoms with Crippen LogP contribution >= 0.6 is 0 Å². The molecule has 8 aromatic carbocycles. The van der Waals surface area contributed by atoms with E-state index in [4.69, 9.17) is 14.4 Å². The maximum Gasteiger partial charge on any atom is 0.235 e. The minimum absolute atomic E-state index is 0.628. The van der Waals surface area contributed by atoms with Gasteiger partial charge in [-0.1, -0.05) is 115 Å². The van der Waals surface area contributed by atoms with Gasteiger partial charge in [0.1, 0.15) is 11.2 Å². The van der Waals surface area contributed by atoms with Crippen molar-refractivity contribution in [1.82, 2.24) is 19.1 Å². The average molecular weight is 677 g/mol. The van der Waals surface area contributed by atoms with Crippen LogP contribution < -0.4 is 0 Å². The molecule has 0 bridgehead atoms. The van der Waals surface area contributed by atoms with Crippen molar-refractivity contribution in [3.63, 3.8) is 0 Å². The van der Waals surface area contributed by atoms with Crippen LogP contribution in [-0.2, 0) is 0 Å². The van der Waals surface area contributed by atoms with E-state index >= 15 is 0 Å². The summed E-state index contributed by atoms with van der Waals surface area (Å²) in [4.78, 5) is 10.8.